The van der Waals surface area contributed by atoms with Gasteiger partial charge in [-0.05, 0) is 28.6 Å². The summed E-state index contributed by atoms with van der Waals surface area (Å²) >= 11 is 6.01. The van der Waals surface area contributed by atoms with Gasteiger partial charge in [0.05, 0.1) is 29.8 Å². The molecule has 0 saturated carbocycles. The summed E-state index contributed by atoms with van der Waals surface area (Å²) in [7, 11) is 1.29. The molecule has 0 atom stereocenters. The lowest BCUT2D eigenvalue weighted by atomic mass is 10.2. The van der Waals surface area contributed by atoms with Crippen molar-refractivity contribution in [3.63, 3.8) is 0 Å². The number of ether oxygens (including phenoxy) is 1. The smallest absolute Gasteiger partial charge is 0.307 e. The van der Waals surface area contributed by atoms with Crippen LogP contribution in [0.5, 0.6) is 0 Å². The summed E-state index contributed by atoms with van der Waals surface area (Å²) in [5.41, 5.74) is 0.872. The lowest BCUT2D eigenvalue weighted by Gasteiger charge is -2.08. The van der Waals surface area contributed by atoms with Gasteiger partial charge in [0.15, 0.2) is 0 Å². The first-order valence-corrected chi connectivity index (χ1v) is 6.37. The number of esters is 1. The van der Waals surface area contributed by atoms with Gasteiger partial charge in [-0.3, -0.25) is 9.59 Å². The predicted molar refractivity (Wildman–Crippen MR) is 73.1 cm³/mol. The zero-order valence-electron chi connectivity index (χ0n) is 11.1. The summed E-state index contributed by atoms with van der Waals surface area (Å²) in [6, 6.07) is 4.82. The second-order valence-corrected chi connectivity index (χ2v) is 4.41. The number of hydrogen-bond acceptors (Lipinski definition) is 6. The fourth-order valence-electron chi connectivity index (χ4n) is 1.58. The van der Waals surface area contributed by atoms with E-state index in [0.29, 0.717) is 10.7 Å². The van der Waals surface area contributed by atoms with Crippen molar-refractivity contribution >= 4 is 23.5 Å². The van der Waals surface area contributed by atoms with Crippen molar-refractivity contribution in [1.29, 1.82) is 0 Å². The minimum Gasteiger partial charge on any atom is -0.469 e. The number of rotatable bonds is 5. The highest BCUT2D eigenvalue weighted by molar-refractivity contribution is 6.33. The van der Waals surface area contributed by atoms with Gasteiger partial charge in [-0.2, -0.15) is 0 Å². The molecule has 0 aliphatic heterocycles. The molecular weight excluding hydrogens is 298 g/mol. The van der Waals surface area contributed by atoms with Crippen molar-refractivity contribution in [3.05, 3.63) is 35.1 Å². The minimum absolute atomic E-state index is 0.0898. The summed E-state index contributed by atoms with van der Waals surface area (Å²) < 4.78 is 5.89. The first-order valence-electron chi connectivity index (χ1n) is 5.99. The molecule has 2 rings (SSSR count). The molecule has 1 amide bonds. The largest absolute Gasteiger partial charge is 0.469 e. The summed E-state index contributed by atoms with van der Waals surface area (Å²) in [5, 5.41) is 13.7. The lowest BCUT2D eigenvalue weighted by Crippen LogP contribution is -2.26. The quantitative estimate of drug-likeness (QED) is 0.812. The Morgan fingerprint density at radius 1 is 1.43 bits per heavy atom. The van der Waals surface area contributed by atoms with Gasteiger partial charge in [-0.25, -0.2) is 4.68 Å². The molecule has 9 heteroatoms. The number of amides is 1. The molecule has 0 unspecified atom stereocenters. The second kappa shape index (κ2) is 6.80. The highest BCUT2D eigenvalue weighted by Crippen LogP contribution is 2.19. The van der Waals surface area contributed by atoms with E-state index in [2.05, 4.69) is 25.6 Å². The highest BCUT2D eigenvalue weighted by atomic mass is 35.5. The third-order valence-electron chi connectivity index (χ3n) is 2.65. The van der Waals surface area contributed by atoms with Crippen LogP contribution in [0.2, 0.25) is 5.02 Å². The number of nitrogens with zero attached hydrogens (tertiary/aromatic N) is 4. The van der Waals surface area contributed by atoms with E-state index in [1.165, 1.54) is 18.1 Å². The molecule has 2 aromatic rings. The summed E-state index contributed by atoms with van der Waals surface area (Å²) in [5.74, 6) is -0.789. The van der Waals surface area contributed by atoms with Crippen molar-refractivity contribution in [1.82, 2.24) is 25.5 Å². The van der Waals surface area contributed by atoms with Crippen LogP contribution in [-0.4, -0.2) is 45.7 Å². The zero-order valence-corrected chi connectivity index (χ0v) is 11.9. The summed E-state index contributed by atoms with van der Waals surface area (Å²) in [6.07, 6.45) is 1.49. The second-order valence-electron chi connectivity index (χ2n) is 4.00. The number of carbonyl (C=O) groups excluding carboxylic acids is 2. The molecule has 21 heavy (non-hydrogen) atoms. The van der Waals surface area contributed by atoms with Crippen molar-refractivity contribution in [2.75, 3.05) is 13.7 Å². The van der Waals surface area contributed by atoms with E-state index in [9.17, 15) is 9.59 Å². The number of carbonyl (C=O) groups is 2. The van der Waals surface area contributed by atoms with Crippen LogP contribution in [0.4, 0.5) is 0 Å². The lowest BCUT2D eigenvalue weighted by molar-refractivity contribution is -0.140. The number of nitrogens with one attached hydrogen (secondary N) is 1. The molecule has 1 aromatic carbocycles. The molecule has 0 saturated heterocycles. The Hall–Kier alpha value is -2.48. The van der Waals surface area contributed by atoms with E-state index in [1.807, 2.05) is 0 Å². The van der Waals surface area contributed by atoms with E-state index in [0.717, 1.165) is 0 Å². The monoisotopic (exact) mass is 309 g/mol. The fourth-order valence-corrected chi connectivity index (χ4v) is 1.79. The molecule has 1 heterocycles. The van der Waals surface area contributed by atoms with Crippen molar-refractivity contribution in [2.24, 2.45) is 0 Å². The van der Waals surface area contributed by atoms with Crippen LogP contribution < -0.4 is 5.32 Å². The van der Waals surface area contributed by atoms with Crippen LogP contribution in [0.3, 0.4) is 0 Å². The molecule has 0 fully saturated rings. The average Bonchev–Trinajstić information content (AvgIpc) is 3.01. The molecule has 0 spiro atoms. The van der Waals surface area contributed by atoms with Gasteiger partial charge in [0, 0.05) is 6.54 Å². The average molecular weight is 310 g/mol. The Morgan fingerprint density at radius 3 is 2.90 bits per heavy atom. The molecule has 0 aliphatic carbocycles. The van der Waals surface area contributed by atoms with E-state index in [-0.39, 0.29) is 24.4 Å². The van der Waals surface area contributed by atoms with Gasteiger partial charge in [0.25, 0.3) is 5.91 Å². The van der Waals surface area contributed by atoms with Gasteiger partial charge in [0.1, 0.15) is 6.33 Å². The van der Waals surface area contributed by atoms with Crippen LogP contribution in [0.15, 0.2) is 24.5 Å². The van der Waals surface area contributed by atoms with Gasteiger partial charge in [-0.1, -0.05) is 11.6 Å². The predicted octanol–water partition coefficient (Wildman–Crippen LogP) is 0.609. The molecule has 0 radical (unpaired) electrons. The first kappa shape index (κ1) is 14.9. The minimum atomic E-state index is -0.399. The van der Waals surface area contributed by atoms with Gasteiger partial charge in [-0.15, -0.1) is 5.10 Å². The topological polar surface area (TPSA) is 99.0 Å². The van der Waals surface area contributed by atoms with Gasteiger partial charge < -0.3 is 10.1 Å². The van der Waals surface area contributed by atoms with Crippen molar-refractivity contribution in [2.45, 2.75) is 6.42 Å². The zero-order chi connectivity index (χ0) is 15.2. The maximum atomic E-state index is 12.0. The Labute approximate surface area is 125 Å². The number of methoxy groups -OCH3 is 1. The molecular formula is C12H12ClN5O3. The Morgan fingerprint density at radius 2 is 2.24 bits per heavy atom. The van der Waals surface area contributed by atoms with Crippen LogP contribution >= 0.6 is 11.6 Å². The maximum absolute atomic E-state index is 12.0. The SMILES string of the molecule is COC(=O)CCNC(=O)c1cc(-n2cnnn2)ccc1Cl. The number of aromatic nitrogens is 4. The van der Waals surface area contributed by atoms with Crippen molar-refractivity contribution < 1.29 is 14.3 Å². The number of halogens is 1. The standard InChI is InChI=1S/C12H12ClN5O3/c1-21-11(19)4-5-14-12(20)9-6-8(2-3-10(9)13)18-7-15-16-17-18/h2-3,6-7H,4-5H2,1H3,(H,14,20). The first-order chi connectivity index (χ1) is 10.1. The number of tetrazole rings is 1. The van der Waals surface area contributed by atoms with Crippen LogP contribution in [0.1, 0.15) is 16.8 Å². The summed E-state index contributed by atoms with van der Waals surface area (Å²) in [4.78, 5) is 23.0. The number of benzene rings is 1. The number of hydrogen-bond donors (Lipinski definition) is 1. The van der Waals surface area contributed by atoms with Crippen LogP contribution in [0, 0.1) is 0 Å². The van der Waals surface area contributed by atoms with Gasteiger partial charge >= 0.3 is 5.97 Å². The van der Waals surface area contributed by atoms with Gasteiger partial charge in [0.2, 0.25) is 0 Å². The molecule has 110 valence electrons. The molecule has 0 aliphatic rings. The third kappa shape index (κ3) is 3.76. The van der Waals surface area contributed by atoms with E-state index < -0.39 is 5.97 Å². The fraction of sp³-hybridized carbons (Fsp3) is 0.250. The molecule has 1 N–H and O–H groups in total. The van der Waals surface area contributed by atoms with E-state index in [4.69, 9.17) is 11.6 Å². The van der Waals surface area contributed by atoms with Crippen molar-refractivity contribution in [3.8, 4) is 5.69 Å². The van der Waals surface area contributed by atoms with E-state index >= 15 is 0 Å². The Balaban J connectivity index is 2.09. The normalized spacial score (nSPS) is 10.2. The van der Waals surface area contributed by atoms with Crippen LogP contribution in [-0.2, 0) is 9.53 Å². The molecule has 8 nitrogen and oxygen atoms in total. The van der Waals surface area contributed by atoms with E-state index in [1.54, 1.807) is 18.2 Å². The Kier molecular flexibility index (Phi) is 4.83. The third-order valence-corrected chi connectivity index (χ3v) is 2.98. The Bertz CT molecular complexity index is 644. The molecule has 1 aromatic heterocycles. The summed E-state index contributed by atoms with van der Waals surface area (Å²) in [6.45, 7) is 0.164. The highest BCUT2D eigenvalue weighted by Gasteiger charge is 2.12. The maximum Gasteiger partial charge on any atom is 0.307 e. The molecule has 0 bridgehead atoms. The van der Waals surface area contributed by atoms with Crippen LogP contribution in [0.25, 0.3) is 5.69 Å².